The van der Waals surface area contributed by atoms with E-state index in [-0.39, 0.29) is 0 Å². The lowest BCUT2D eigenvalue weighted by atomic mass is 10.0. The summed E-state index contributed by atoms with van der Waals surface area (Å²) in [6.45, 7) is 8.04. The minimum atomic E-state index is 0.406. The van der Waals surface area contributed by atoms with Gasteiger partial charge in [-0.25, -0.2) is 4.85 Å². The summed E-state index contributed by atoms with van der Waals surface area (Å²) in [6.07, 6.45) is 1.98. The summed E-state index contributed by atoms with van der Waals surface area (Å²) in [6, 6.07) is 22.7. The lowest BCUT2D eigenvalue weighted by molar-refractivity contribution is -0.749. The van der Waals surface area contributed by atoms with Gasteiger partial charge in [-0.2, -0.15) is 5.26 Å². The van der Waals surface area contributed by atoms with Crippen LogP contribution < -0.4 is 4.68 Å². The maximum absolute atomic E-state index is 9.51. The quantitative estimate of drug-likeness (QED) is 0.331. The third kappa shape index (κ3) is 1.90. The predicted molar refractivity (Wildman–Crippen MR) is 99.0 cm³/mol. The minimum absolute atomic E-state index is 0.406. The van der Waals surface area contributed by atoms with E-state index in [4.69, 9.17) is 6.57 Å². The third-order valence-electron chi connectivity index (χ3n) is 4.95. The molecule has 1 aromatic heterocycles. The van der Waals surface area contributed by atoms with Gasteiger partial charge in [-0.1, -0.05) is 42.5 Å². The van der Waals surface area contributed by atoms with Crippen molar-refractivity contribution in [2.75, 3.05) is 0 Å². The van der Waals surface area contributed by atoms with Crippen LogP contribution in [0.5, 0.6) is 0 Å². The number of nitriles is 1. The van der Waals surface area contributed by atoms with Gasteiger partial charge in [0.1, 0.15) is 11.2 Å². The standard InChI is InChI=1S/C22H13N4/c1-24-20-9-10-21-19(18(20)12-23)14-25-13-17-8-7-16(11-22(17)26(21)25)15-5-3-2-4-6-15/h2-11,14H,13H2/q+1. The van der Waals surface area contributed by atoms with Crippen molar-refractivity contribution in [3.8, 4) is 22.9 Å². The van der Waals surface area contributed by atoms with Crippen molar-refractivity contribution in [2.24, 2.45) is 0 Å². The molecule has 0 N–H and O–H groups in total. The molecule has 2 heterocycles. The van der Waals surface area contributed by atoms with Crippen LogP contribution in [0.25, 0.3) is 32.6 Å². The van der Waals surface area contributed by atoms with Gasteiger partial charge in [-0.3, -0.25) is 0 Å². The molecule has 0 atom stereocenters. The smallest absolute Gasteiger partial charge is 0.205 e. The largest absolute Gasteiger partial charge is 0.237 e. The van der Waals surface area contributed by atoms with Crippen LogP contribution in [0.4, 0.5) is 5.69 Å². The zero-order valence-corrected chi connectivity index (χ0v) is 13.8. The van der Waals surface area contributed by atoms with Crippen LogP contribution in [0.2, 0.25) is 0 Å². The normalized spacial score (nSPS) is 11.6. The Kier molecular flexibility index (Phi) is 2.95. The molecule has 1 aliphatic heterocycles. The number of nitrogens with zero attached hydrogens (tertiary/aromatic N) is 4. The van der Waals surface area contributed by atoms with Gasteiger partial charge in [0.2, 0.25) is 11.9 Å². The second-order valence-electron chi connectivity index (χ2n) is 6.36. The maximum atomic E-state index is 9.51. The Morgan fingerprint density at radius 1 is 1.04 bits per heavy atom. The van der Waals surface area contributed by atoms with Crippen molar-refractivity contribution in [1.29, 1.82) is 5.26 Å². The molecule has 26 heavy (non-hydrogen) atoms. The van der Waals surface area contributed by atoms with E-state index < -0.39 is 0 Å². The molecule has 0 fully saturated rings. The van der Waals surface area contributed by atoms with E-state index in [9.17, 15) is 5.26 Å². The topological polar surface area (TPSA) is 37.0 Å². The first-order chi connectivity index (χ1) is 12.8. The van der Waals surface area contributed by atoms with Crippen molar-refractivity contribution in [3.63, 3.8) is 0 Å². The highest BCUT2D eigenvalue weighted by molar-refractivity contribution is 5.91. The van der Waals surface area contributed by atoms with Gasteiger partial charge in [0.05, 0.1) is 23.6 Å². The lowest BCUT2D eigenvalue weighted by Crippen LogP contribution is -2.36. The molecule has 0 bridgehead atoms. The van der Waals surface area contributed by atoms with Crippen LogP contribution in [0, 0.1) is 17.9 Å². The SMILES string of the molecule is [C-]#[N+]c1ccc2c(c[n+]3n2-c2cc(-c4ccccc4)ccc2C3)c1C#N. The molecule has 0 amide bonds. The first-order valence-electron chi connectivity index (χ1n) is 8.34. The van der Waals surface area contributed by atoms with Gasteiger partial charge in [0.25, 0.3) is 0 Å². The first kappa shape index (κ1) is 14.5. The van der Waals surface area contributed by atoms with Crippen LogP contribution in [0.3, 0.4) is 0 Å². The monoisotopic (exact) mass is 333 g/mol. The van der Waals surface area contributed by atoms with Crippen molar-refractivity contribution in [2.45, 2.75) is 6.54 Å². The third-order valence-corrected chi connectivity index (χ3v) is 4.95. The number of benzene rings is 3. The molecule has 0 saturated carbocycles. The summed E-state index contributed by atoms with van der Waals surface area (Å²) >= 11 is 0. The molecule has 4 nitrogen and oxygen atoms in total. The molecule has 3 aromatic carbocycles. The number of rotatable bonds is 1. The fourth-order valence-electron chi connectivity index (χ4n) is 3.73. The molecular weight excluding hydrogens is 320 g/mol. The van der Waals surface area contributed by atoms with Gasteiger partial charge in [0.15, 0.2) is 6.54 Å². The van der Waals surface area contributed by atoms with E-state index in [1.165, 1.54) is 11.1 Å². The summed E-state index contributed by atoms with van der Waals surface area (Å²) in [4.78, 5) is 3.48. The van der Waals surface area contributed by atoms with E-state index >= 15 is 0 Å². The Morgan fingerprint density at radius 3 is 2.65 bits per heavy atom. The highest BCUT2D eigenvalue weighted by Crippen LogP contribution is 2.33. The highest BCUT2D eigenvalue weighted by atomic mass is 15.4. The van der Waals surface area contributed by atoms with Gasteiger partial charge in [0, 0.05) is 5.56 Å². The summed E-state index contributed by atoms with van der Waals surface area (Å²) in [5.74, 6) is 0. The fraction of sp³-hybridized carbons (Fsp3) is 0.0455. The molecule has 0 unspecified atom stereocenters. The molecule has 4 heteroatoms. The molecule has 4 aromatic rings. The fourth-order valence-corrected chi connectivity index (χ4v) is 3.73. The molecule has 0 radical (unpaired) electrons. The number of fused-ring (bicyclic) bond motifs is 5. The molecule has 120 valence electrons. The minimum Gasteiger partial charge on any atom is -0.237 e. The van der Waals surface area contributed by atoms with E-state index in [0.717, 1.165) is 28.7 Å². The molecular formula is C22H13N4+. The average Bonchev–Trinajstić information content (AvgIpc) is 3.23. The van der Waals surface area contributed by atoms with Crippen LogP contribution in [-0.4, -0.2) is 4.68 Å². The second-order valence-corrected chi connectivity index (χ2v) is 6.36. The zero-order valence-electron chi connectivity index (χ0n) is 13.8. The summed E-state index contributed by atoms with van der Waals surface area (Å²) < 4.78 is 4.25. The lowest BCUT2D eigenvalue weighted by Gasteiger charge is -2.04. The van der Waals surface area contributed by atoms with Gasteiger partial charge >= 0.3 is 0 Å². The van der Waals surface area contributed by atoms with Crippen molar-refractivity contribution in [3.05, 3.63) is 89.4 Å². The number of hydrogen-bond donors (Lipinski definition) is 0. The zero-order chi connectivity index (χ0) is 17.7. The Labute approximate surface area is 150 Å². The average molecular weight is 333 g/mol. The van der Waals surface area contributed by atoms with Gasteiger partial charge in [-0.15, -0.1) is 9.36 Å². The van der Waals surface area contributed by atoms with Gasteiger partial charge in [-0.05, 0) is 29.3 Å². The molecule has 5 rings (SSSR count). The van der Waals surface area contributed by atoms with Crippen LogP contribution in [0.15, 0.2) is 66.9 Å². The molecule has 1 aliphatic rings. The van der Waals surface area contributed by atoms with Crippen molar-refractivity contribution < 1.29 is 4.68 Å². The van der Waals surface area contributed by atoms with Crippen molar-refractivity contribution >= 4 is 16.6 Å². The highest BCUT2D eigenvalue weighted by Gasteiger charge is 2.30. The van der Waals surface area contributed by atoms with Crippen molar-refractivity contribution in [1.82, 2.24) is 4.68 Å². The summed E-state index contributed by atoms with van der Waals surface area (Å²) in [7, 11) is 0. The summed E-state index contributed by atoms with van der Waals surface area (Å²) in [5, 5.41) is 10.3. The Morgan fingerprint density at radius 2 is 1.88 bits per heavy atom. The Balaban J connectivity index is 1.77. The summed E-state index contributed by atoms with van der Waals surface area (Å²) in [5.41, 5.74) is 6.53. The second kappa shape index (κ2) is 5.31. The van der Waals surface area contributed by atoms with E-state index in [0.29, 0.717) is 11.3 Å². The Hall–Kier alpha value is -3.89. The van der Waals surface area contributed by atoms with Gasteiger partial charge < -0.3 is 0 Å². The molecule has 0 spiro atoms. The van der Waals surface area contributed by atoms with E-state index in [1.807, 2.05) is 30.5 Å². The number of aromatic nitrogens is 2. The molecule has 0 aliphatic carbocycles. The van der Waals surface area contributed by atoms with E-state index in [1.54, 1.807) is 6.07 Å². The first-order valence-corrected chi connectivity index (χ1v) is 8.34. The Bertz CT molecular complexity index is 1270. The van der Waals surface area contributed by atoms with Crippen LogP contribution in [0.1, 0.15) is 11.1 Å². The molecule has 0 saturated heterocycles. The number of hydrogen-bond acceptors (Lipinski definition) is 1. The van der Waals surface area contributed by atoms with Crippen LogP contribution >= 0.6 is 0 Å². The van der Waals surface area contributed by atoms with E-state index in [2.05, 4.69) is 50.6 Å². The maximum Gasteiger partial charge on any atom is 0.205 e. The van der Waals surface area contributed by atoms with Crippen LogP contribution in [-0.2, 0) is 6.54 Å². The predicted octanol–water partition coefficient (Wildman–Crippen LogP) is 4.37.